The SMILES string of the molecule is CC(C)(C)S(=O)N[C@H](CC(=O)/C=C/c1ccccc1)C1CCCCC1. The van der Waals surface area contributed by atoms with E-state index in [4.69, 9.17) is 0 Å². The Morgan fingerprint density at radius 2 is 1.84 bits per heavy atom. The van der Waals surface area contributed by atoms with Crippen LogP contribution < -0.4 is 4.72 Å². The van der Waals surface area contributed by atoms with E-state index < -0.39 is 11.0 Å². The van der Waals surface area contributed by atoms with Crippen molar-refractivity contribution in [2.24, 2.45) is 5.92 Å². The summed E-state index contributed by atoms with van der Waals surface area (Å²) in [4.78, 5) is 12.5. The predicted molar refractivity (Wildman–Crippen MR) is 106 cm³/mol. The summed E-state index contributed by atoms with van der Waals surface area (Å²) < 4.78 is 15.5. The number of ketones is 1. The molecule has 1 fully saturated rings. The van der Waals surface area contributed by atoms with Gasteiger partial charge in [-0.2, -0.15) is 0 Å². The fourth-order valence-corrected chi connectivity index (χ4v) is 4.10. The van der Waals surface area contributed by atoms with Gasteiger partial charge in [-0.1, -0.05) is 55.7 Å². The third-order valence-electron chi connectivity index (χ3n) is 4.72. The molecule has 4 heteroatoms. The van der Waals surface area contributed by atoms with Crippen molar-refractivity contribution in [2.45, 2.75) is 70.1 Å². The number of rotatable bonds is 7. The summed E-state index contributed by atoms with van der Waals surface area (Å²) in [5.74, 6) is 0.534. The summed E-state index contributed by atoms with van der Waals surface area (Å²) in [6, 6.07) is 9.84. The van der Waals surface area contributed by atoms with E-state index in [1.165, 1.54) is 19.3 Å². The molecular weight excluding hydrogens is 330 g/mol. The lowest BCUT2D eigenvalue weighted by Crippen LogP contribution is -2.45. The van der Waals surface area contributed by atoms with E-state index in [1.807, 2.05) is 57.2 Å². The fourth-order valence-electron chi connectivity index (χ4n) is 3.19. The Labute approximate surface area is 154 Å². The molecule has 1 N–H and O–H groups in total. The lowest BCUT2D eigenvalue weighted by molar-refractivity contribution is -0.115. The van der Waals surface area contributed by atoms with Gasteiger partial charge in [-0.3, -0.25) is 4.79 Å². The van der Waals surface area contributed by atoms with Gasteiger partial charge in [0.25, 0.3) is 0 Å². The van der Waals surface area contributed by atoms with Gasteiger partial charge in [-0.15, -0.1) is 0 Å². The minimum absolute atomic E-state index is 0.00622. The van der Waals surface area contributed by atoms with Crippen LogP contribution in [0, 0.1) is 5.92 Å². The highest BCUT2D eigenvalue weighted by atomic mass is 32.2. The van der Waals surface area contributed by atoms with Gasteiger partial charge in [0.15, 0.2) is 5.78 Å². The van der Waals surface area contributed by atoms with Crippen LogP contribution >= 0.6 is 0 Å². The van der Waals surface area contributed by atoms with Gasteiger partial charge in [0.05, 0.1) is 15.7 Å². The number of nitrogens with one attached hydrogen (secondary N) is 1. The van der Waals surface area contributed by atoms with Gasteiger partial charge in [0, 0.05) is 12.5 Å². The monoisotopic (exact) mass is 361 g/mol. The van der Waals surface area contributed by atoms with Crippen LogP contribution in [0.2, 0.25) is 0 Å². The lowest BCUT2D eigenvalue weighted by Gasteiger charge is -2.32. The summed E-state index contributed by atoms with van der Waals surface area (Å²) in [5.41, 5.74) is 1.02. The van der Waals surface area contributed by atoms with Gasteiger partial charge in [0.2, 0.25) is 0 Å². The molecule has 2 rings (SSSR count). The molecule has 1 aromatic carbocycles. The molecule has 2 atom stereocenters. The molecule has 0 aliphatic heterocycles. The first-order chi connectivity index (χ1) is 11.9. The molecule has 1 aliphatic rings. The van der Waals surface area contributed by atoms with E-state index in [0.29, 0.717) is 12.3 Å². The Morgan fingerprint density at radius 1 is 1.20 bits per heavy atom. The van der Waals surface area contributed by atoms with Crippen LogP contribution in [0.3, 0.4) is 0 Å². The Morgan fingerprint density at radius 3 is 2.44 bits per heavy atom. The first kappa shape index (κ1) is 20.1. The Hall–Kier alpha value is -1.26. The zero-order chi connectivity index (χ0) is 18.3. The maximum atomic E-state index is 12.5. The average molecular weight is 362 g/mol. The predicted octanol–water partition coefficient (Wildman–Crippen LogP) is 4.66. The molecule has 1 unspecified atom stereocenters. The first-order valence-corrected chi connectivity index (χ1v) is 10.5. The van der Waals surface area contributed by atoms with E-state index in [9.17, 15) is 9.00 Å². The minimum atomic E-state index is -1.15. The Bertz CT molecular complexity index is 598. The molecule has 1 saturated carbocycles. The maximum absolute atomic E-state index is 12.5. The van der Waals surface area contributed by atoms with Crippen molar-refractivity contribution in [1.82, 2.24) is 4.72 Å². The minimum Gasteiger partial charge on any atom is -0.295 e. The quantitative estimate of drug-likeness (QED) is 0.718. The number of carbonyl (C=O) groups excluding carboxylic acids is 1. The van der Waals surface area contributed by atoms with Gasteiger partial charge in [-0.25, -0.2) is 8.93 Å². The zero-order valence-electron chi connectivity index (χ0n) is 15.7. The van der Waals surface area contributed by atoms with Gasteiger partial charge < -0.3 is 0 Å². The summed E-state index contributed by atoms with van der Waals surface area (Å²) in [6.07, 6.45) is 9.86. The van der Waals surface area contributed by atoms with Crippen molar-refractivity contribution >= 4 is 22.8 Å². The van der Waals surface area contributed by atoms with Crippen LogP contribution in [0.1, 0.15) is 64.9 Å². The zero-order valence-corrected chi connectivity index (χ0v) is 16.5. The third kappa shape index (κ3) is 6.87. The maximum Gasteiger partial charge on any atom is 0.157 e. The van der Waals surface area contributed by atoms with E-state index >= 15 is 0 Å². The molecule has 25 heavy (non-hydrogen) atoms. The topological polar surface area (TPSA) is 46.2 Å². The Kier molecular flexibility index (Phi) is 7.57. The molecule has 1 aliphatic carbocycles. The molecule has 1 aromatic rings. The standard InChI is InChI=1S/C21H31NO2S/c1-21(2,3)25(24)22-20(18-12-8-5-9-13-18)16-19(23)15-14-17-10-6-4-7-11-17/h4,6-7,10-11,14-15,18,20,22H,5,8-9,12-13,16H2,1-3H3/b15-14+/t20-,25?/m1/s1. The van der Waals surface area contributed by atoms with E-state index in [-0.39, 0.29) is 16.6 Å². The number of allylic oxidation sites excluding steroid dienone is 1. The highest BCUT2D eigenvalue weighted by molar-refractivity contribution is 7.84. The van der Waals surface area contributed by atoms with Gasteiger partial charge in [0.1, 0.15) is 0 Å². The molecule has 0 spiro atoms. The van der Waals surface area contributed by atoms with Crippen molar-refractivity contribution in [1.29, 1.82) is 0 Å². The second kappa shape index (κ2) is 9.44. The highest BCUT2D eigenvalue weighted by Gasteiger charge is 2.29. The van der Waals surface area contributed by atoms with Gasteiger partial charge in [-0.05, 0) is 51.2 Å². The average Bonchev–Trinajstić information content (AvgIpc) is 2.60. The summed E-state index contributed by atoms with van der Waals surface area (Å²) in [6.45, 7) is 5.89. The van der Waals surface area contributed by atoms with Gasteiger partial charge >= 0.3 is 0 Å². The van der Waals surface area contributed by atoms with Crippen molar-refractivity contribution in [3.05, 3.63) is 42.0 Å². The van der Waals surface area contributed by atoms with Crippen LogP contribution in [0.5, 0.6) is 0 Å². The second-order valence-electron chi connectivity index (χ2n) is 7.92. The van der Waals surface area contributed by atoms with Crippen molar-refractivity contribution < 1.29 is 9.00 Å². The number of hydrogen-bond donors (Lipinski definition) is 1. The van der Waals surface area contributed by atoms with Crippen LogP contribution in [0.15, 0.2) is 36.4 Å². The largest absolute Gasteiger partial charge is 0.295 e. The molecule has 0 heterocycles. The van der Waals surface area contributed by atoms with Crippen LogP contribution in [0.25, 0.3) is 6.08 Å². The normalized spacial score (nSPS) is 19.0. The third-order valence-corrected chi connectivity index (χ3v) is 6.35. The summed E-state index contributed by atoms with van der Waals surface area (Å²) in [7, 11) is -1.15. The van der Waals surface area contributed by atoms with Crippen molar-refractivity contribution in [3.63, 3.8) is 0 Å². The number of benzene rings is 1. The molecule has 3 nitrogen and oxygen atoms in total. The molecule has 0 amide bonds. The lowest BCUT2D eigenvalue weighted by atomic mass is 9.82. The Balaban J connectivity index is 2.02. The molecule has 0 saturated heterocycles. The fraction of sp³-hybridized carbons (Fsp3) is 0.571. The molecule has 0 aromatic heterocycles. The van der Waals surface area contributed by atoms with Crippen LogP contribution in [0.4, 0.5) is 0 Å². The van der Waals surface area contributed by atoms with Crippen molar-refractivity contribution in [2.75, 3.05) is 0 Å². The van der Waals surface area contributed by atoms with Crippen LogP contribution in [-0.2, 0) is 15.8 Å². The smallest absolute Gasteiger partial charge is 0.157 e. The highest BCUT2D eigenvalue weighted by Crippen LogP contribution is 2.29. The summed E-state index contributed by atoms with van der Waals surface area (Å²) in [5, 5.41) is 0. The number of carbonyl (C=O) groups is 1. The van der Waals surface area contributed by atoms with E-state index in [2.05, 4.69) is 4.72 Å². The van der Waals surface area contributed by atoms with Crippen molar-refractivity contribution in [3.8, 4) is 0 Å². The summed E-state index contributed by atoms with van der Waals surface area (Å²) >= 11 is 0. The molecular formula is C21H31NO2S. The van der Waals surface area contributed by atoms with Crippen LogP contribution in [-0.4, -0.2) is 20.8 Å². The molecule has 138 valence electrons. The first-order valence-electron chi connectivity index (χ1n) is 9.30. The number of hydrogen-bond acceptors (Lipinski definition) is 2. The second-order valence-corrected chi connectivity index (χ2v) is 9.92. The van der Waals surface area contributed by atoms with E-state index in [1.54, 1.807) is 6.08 Å². The molecule has 0 bridgehead atoms. The molecule has 0 radical (unpaired) electrons. The van der Waals surface area contributed by atoms with E-state index in [0.717, 1.165) is 18.4 Å².